The van der Waals surface area contributed by atoms with Crippen molar-refractivity contribution in [3.05, 3.63) is 0 Å². The van der Waals surface area contributed by atoms with Gasteiger partial charge in [-0.3, -0.25) is 9.59 Å². The molecule has 0 radical (unpaired) electrons. The molecule has 0 bridgehead atoms. The van der Waals surface area contributed by atoms with Gasteiger partial charge in [0.2, 0.25) is 6.10 Å². The molecule has 0 fully saturated rings. The minimum Gasteiger partial charge on any atom is -0.481 e. The molecule has 0 aromatic rings. The summed E-state index contributed by atoms with van der Waals surface area (Å²) < 4.78 is 4.15. The van der Waals surface area contributed by atoms with Crippen LogP contribution in [0.5, 0.6) is 0 Å². The molecule has 96 valence electrons. The van der Waals surface area contributed by atoms with Crippen LogP contribution in [0.3, 0.4) is 0 Å². The summed E-state index contributed by atoms with van der Waals surface area (Å²) in [5.74, 6) is -6.21. The van der Waals surface area contributed by atoms with Crippen LogP contribution in [0.15, 0.2) is 0 Å². The molecule has 0 saturated carbocycles. The lowest BCUT2D eigenvalue weighted by Gasteiger charge is -2.13. The quantitative estimate of drug-likeness (QED) is 0.386. The molecule has 9 heteroatoms. The van der Waals surface area contributed by atoms with Gasteiger partial charge in [0.15, 0.2) is 6.10 Å². The lowest BCUT2D eigenvalue weighted by Crippen LogP contribution is -2.35. The molecule has 2 atom stereocenters. The largest absolute Gasteiger partial charge is 0.481 e. The number of hydrogen-bond acceptors (Lipinski definition) is 6. The fraction of sp³-hybridized carbons (Fsp3) is 0.500. The van der Waals surface area contributed by atoms with Gasteiger partial charge < -0.3 is 25.2 Å². The number of carbonyl (C=O) groups excluding carboxylic acids is 1. The molecular weight excluding hydrogens is 240 g/mol. The summed E-state index contributed by atoms with van der Waals surface area (Å²) in [5.41, 5.74) is 0. The Balaban J connectivity index is 4.44. The number of carbonyl (C=O) groups is 4. The molecule has 0 aliphatic heterocycles. The molecule has 17 heavy (non-hydrogen) atoms. The van der Waals surface area contributed by atoms with Crippen LogP contribution in [-0.2, 0) is 23.9 Å². The standard InChI is InChI=1S/C8H10O9/c9-3(1-5(10)11)8(16)17-4(7(14)15)2-6(12)13/h3-4,9H,1-2H2,(H,10,11)(H,12,13)(H,14,15)/t3-,4-/m0/s1. The second-order valence-electron chi connectivity index (χ2n) is 2.98. The van der Waals surface area contributed by atoms with Crippen molar-refractivity contribution in [1.29, 1.82) is 0 Å². The molecular formula is C8H10O9. The molecule has 4 N–H and O–H groups in total. The Morgan fingerprint density at radius 1 is 0.941 bits per heavy atom. The number of aliphatic hydroxyl groups is 1. The first-order valence-electron chi connectivity index (χ1n) is 4.29. The molecule has 9 nitrogen and oxygen atoms in total. The van der Waals surface area contributed by atoms with E-state index in [1.165, 1.54) is 0 Å². The Kier molecular flexibility index (Phi) is 5.61. The van der Waals surface area contributed by atoms with E-state index in [9.17, 15) is 19.2 Å². The van der Waals surface area contributed by atoms with E-state index in [1.807, 2.05) is 0 Å². The van der Waals surface area contributed by atoms with E-state index in [4.69, 9.17) is 20.4 Å². The second-order valence-corrected chi connectivity index (χ2v) is 2.98. The van der Waals surface area contributed by atoms with E-state index >= 15 is 0 Å². The zero-order chi connectivity index (χ0) is 13.6. The van der Waals surface area contributed by atoms with Crippen molar-refractivity contribution >= 4 is 23.9 Å². The summed E-state index contributed by atoms with van der Waals surface area (Å²) in [6.45, 7) is 0. The van der Waals surface area contributed by atoms with Gasteiger partial charge in [-0.2, -0.15) is 0 Å². The number of ether oxygens (including phenoxy) is 1. The second kappa shape index (κ2) is 6.43. The van der Waals surface area contributed by atoms with Gasteiger partial charge >= 0.3 is 23.9 Å². The van der Waals surface area contributed by atoms with Crippen LogP contribution in [0, 0.1) is 0 Å². The van der Waals surface area contributed by atoms with Crippen LogP contribution in [0.1, 0.15) is 12.8 Å². The van der Waals surface area contributed by atoms with Gasteiger partial charge in [-0.05, 0) is 0 Å². The summed E-state index contributed by atoms with van der Waals surface area (Å²) >= 11 is 0. The SMILES string of the molecule is O=C(O)C[C@H](OC(=O)[C@@H](O)CC(=O)O)C(=O)O. The number of hydrogen-bond donors (Lipinski definition) is 4. The van der Waals surface area contributed by atoms with Crippen molar-refractivity contribution in [2.45, 2.75) is 25.0 Å². The van der Waals surface area contributed by atoms with Gasteiger partial charge in [0.05, 0.1) is 12.8 Å². The third kappa shape index (κ3) is 6.10. The predicted octanol–water partition coefficient (Wildman–Crippen LogP) is -1.71. The first kappa shape index (κ1) is 14.8. The van der Waals surface area contributed by atoms with Gasteiger partial charge in [-0.15, -0.1) is 0 Å². The fourth-order valence-electron chi connectivity index (χ4n) is 0.805. The van der Waals surface area contributed by atoms with Crippen molar-refractivity contribution in [1.82, 2.24) is 0 Å². The van der Waals surface area contributed by atoms with Crippen molar-refractivity contribution in [3.8, 4) is 0 Å². The van der Waals surface area contributed by atoms with Crippen LogP contribution in [-0.4, -0.2) is 56.5 Å². The summed E-state index contributed by atoms with van der Waals surface area (Å²) in [4.78, 5) is 41.8. The third-order valence-electron chi connectivity index (χ3n) is 1.53. The minimum absolute atomic E-state index is 0.960. The van der Waals surface area contributed by atoms with Crippen LogP contribution in [0.4, 0.5) is 0 Å². The maximum Gasteiger partial charge on any atom is 0.345 e. The zero-order valence-corrected chi connectivity index (χ0v) is 8.40. The Morgan fingerprint density at radius 2 is 1.41 bits per heavy atom. The number of aliphatic hydroxyl groups excluding tert-OH is 1. The highest BCUT2D eigenvalue weighted by Crippen LogP contribution is 2.04. The van der Waals surface area contributed by atoms with Crippen LogP contribution in [0.25, 0.3) is 0 Å². The first-order chi connectivity index (χ1) is 7.73. The average Bonchev–Trinajstić information content (AvgIpc) is 2.14. The lowest BCUT2D eigenvalue weighted by atomic mass is 10.2. The minimum atomic E-state index is -2.04. The van der Waals surface area contributed by atoms with Gasteiger partial charge in [0.1, 0.15) is 0 Å². The van der Waals surface area contributed by atoms with Gasteiger partial charge in [-0.1, -0.05) is 0 Å². The highest BCUT2D eigenvalue weighted by molar-refractivity contribution is 5.85. The van der Waals surface area contributed by atoms with E-state index in [0.717, 1.165) is 0 Å². The molecule has 0 heterocycles. The molecule has 0 aliphatic carbocycles. The highest BCUT2D eigenvalue weighted by Gasteiger charge is 2.29. The molecule has 0 amide bonds. The fourth-order valence-corrected chi connectivity index (χ4v) is 0.805. The molecule has 0 aromatic carbocycles. The van der Waals surface area contributed by atoms with E-state index in [-0.39, 0.29) is 0 Å². The third-order valence-corrected chi connectivity index (χ3v) is 1.53. The van der Waals surface area contributed by atoms with E-state index in [0.29, 0.717) is 0 Å². The predicted molar refractivity (Wildman–Crippen MR) is 48.0 cm³/mol. The highest BCUT2D eigenvalue weighted by atomic mass is 16.6. The van der Waals surface area contributed by atoms with Gasteiger partial charge in [0, 0.05) is 0 Å². The normalized spacial score (nSPS) is 13.5. The number of carboxylic acid groups (broad SMARTS) is 3. The van der Waals surface area contributed by atoms with Crippen molar-refractivity contribution in [3.63, 3.8) is 0 Å². The number of carboxylic acids is 3. The maximum absolute atomic E-state index is 11.0. The smallest absolute Gasteiger partial charge is 0.345 e. The monoisotopic (exact) mass is 250 g/mol. The molecule has 0 saturated heterocycles. The van der Waals surface area contributed by atoms with Crippen LogP contribution >= 0.6 is 0 Å². The molecule has 0 rings (SSSR count). The summed E-state index contributed by atoms with van der Waals surface area (Å²) in [5, 5.41) is 34.0. The number of aliphatic carboxylic acids is 3. The summed E-state index contributed by atoms with van der Waals surface area (Å²) in [6, 6.07) is 0. The Labute approximate surface area is 94.2 Å². The Morgan fingerprint density at radius 3 is 1.76 bits per heavy atom. The summed E-state index contributed by atoms with van der Waals surface area (Å²) in [7, 11) is 0. The zero-order valence-electron chi connectivity index (χ0n) is 8.40. The number of esters is 1. The topological polar surface area (TPSA) is 158 Å². The van der Waals surface area contributed by atoms with Crippen molar-refractivity contribution < 1.29 is 44.3 Å². The molecule has 0 aromatic heterocycles. The van der Waals surface area contributed by atoms with Crippen molar-refractivity contribution in [2.75, 3.05) is 0 Å². The van der Waals surface area contributed by atoms with E-state index in [1.54, 1.807) is 0 Å². The Bertz CT molecular complexity index is 334. The maximum atomic E-state index is 11.0. The lowest BCUT2D eigenvalue weighted by molar-refractivity contribution is -0.174. The van der Waals surface area contributed by atoms with Gasteiger partial charge in [-0.25, -0.2) is 9.59 Å². The van der Waals surface area contributed by atoms with Gasteiger partial charge in [0.25, 0.3) is 0 Å². The van der Waals surface area contributed by atoms with Crippen LogP contribution < -0.4 is 0 Å². The molecule has 0 unspecified atom stereocenters. The Hall–Kier alpha value is -2.16. The average molecular weight is 250 g/mol. The molecule has 0 spiro atoms. The molecule has 0 aliphatic rings. The van der Waals surface area contributed by atoms with Crippen LogP contribution in [0.2, 0.25) is 0 Å². The number of rotatable bonds is 7. The van der Waals surface area contributed by atoms with E-state index in [2.05, 4.69) is 4.74 Å². The summed E-state index contributed by atoms with van der Waals surface area (Å²) in [6.07, 6.45) is -5.95. The van der Waals surface area contributed by atoms with E-state index < -0.39 is 48.9 Å². The first-order valence-corrected chi connectivity index (χ1v) is 4.29. The van der Waals surface area contributed by atoms with Crippen molar-refractivity contribution in [2.24, 2.45) is 0 Å².